The highest BCUT2D eigenvalue weighted by Crippen LogP contribution is 2.18. The number of rotatable bonds is 6. The van der Waals surface area contributed by atoms with Gasteiger partial charge in [-0.1, -0.05) is 18.2 Å². The molecule has 0 aliphatic heterocycles. The molecule has 2 N–H and O–H groups in total. The van der Waals surface area contributed by atoms with E-state index in [-0.39, 0.29) is 18.2 Å². The summed E-state index contributed by atoms with van der Waals surface area (Å²) in [6, 6.07) is 18.1. The van der Waals surface area contributed by atoms with Gasteiger partial charge in [0.05, 0.1) is 22.6 Å². The molecule has 0 spiro atoms. The topological polar surface area (TPSA) is 98.4 Å². The number of nitrogens with zero attached hydrogens (tertiary/aromatic N) is 2. The average Bonchev–Trinajstić information content (AvgIpc) is 3.41. The van der Waals surface area contributed by atoms with E-state index in [0.29, 0.717) is 34.1 Å². The Bertz CT molecular complexity index is 1280. The number of hydrogen-bond donors (Lipinski definition) is 2. The van der Waals surface area contributed by atoms with Crippen LogP contribution >= 0.6 is 0 Å². The molecule has 0 atom stereocenters. The van der Waals surface area contributed by atoms with Crippen LogP contribution in [0.25, 0.3) is 5.69 Å². The maximum atomic E-state index is 13.2. The van der Waals surface area contributed by atoms with Crippen LogP contribution in [0.15, 0.2) is 71.1 Å². The summed E-state index contributed by atoms with van der Waals surface area (Å²) in [5.74, 6) is -0.353. The van der Waals surface area contributed by atoms with Gasteiger partial charge in [0.2, 0.25) is 0 Å². The molecule has 2 aromatic heterocycles. The van der Waals surface area contributed by atoms with Crippen LogP contribution in [0.2, 0.25) is 0 Å². The van der Waals surface area contributed by atoms with Gasteiger partial charge < -0.3 is 9.15 Å². The fourth-order valence-corrected chi connectivity index (χ4v) is 3.29. The van der Waals surface area contributed by atoms with E-state index in [2.05, 4.69) is 16.0 Å². The van der Waals surface area contributed by atoms with Crippen LogP contribution in [0, 0.1) is 19.7 Å². The highest BCUT2D eigenvalue weighted by Gasteiger charge is 2.21. The third-order valence-corrected chi connectivity index (χ3v) is 4.89. The molecule has 0 saturated heterocycles. The standard InChI is InChI=1S/C24H21FN4O4/c1-15-22(16(2)29(28-15)18-10-8-17(25)9-11-18)24(31)27-26-23(30)21-13-12-20(33-21)14-32-19-6-4-3-5-7-19/h3-13H,14H2,1-2H3,(H,26,30)(H,27,31). The Labute approximate surface area is 189 Å². The van der Waals surface area contributed by atoms with Crippen LogP contribution in [-0.4, -0.2) is 21.6 Å². The van der Waals surface area contributed by atoms with E-state index >= 15 is 0 Å². The molecule has 0 radical (unpaired) electrons. The number of ether oxygens (including phenoxy) is 1. The van der Waals surface area contributed by atoms with E-state index in [9.17, 15) is 14.0 Å². The van der Waals surface area contributed by atoms with Gasteiger partial charge in [0.15, 0.2) is 5.76 Å². The van der Waals surface area contributed by atoms with Gasteiger partial charge in [-0.15, -0.1) is 0 Å². The molecule has 2 heterocycles. The molecular formula is C24H21FN4O4. The summed E-state index contributed by atoms with van der Waals surface area (Å²) < 4.78 is 25.8. The van der Waals surface area contributed by atoms with E-state index in [1.165, 1.54) is 22.9 Å². The Hall–Kier alpha value is -4.40. The summed E-state index contributed by atoms with van der Waals surface area (Å²) in [4.78, 5) is 25.1. The summed E-state index contributed by atoms with van der Waals surface area (Å²) in [5, 5.41) is 4.35. The molecule has 0 bridgehead atoms. The van der Waals surface area contributed by atoms with Gasteiger partial charge in [0.1, 0.15) is 23.9 Å². The van der Waals surface area contributed by atoms with Crippen LogP contribution in [0.1, 0.15) is 38.1 Å². The predicted octanol–water partition coefficient (Wildman–Crippen LogP) is 3.88. The van der Waals surface area contributed by atoms with Crippen molar-refractivity contribution >= 4 is 11.8 Å². The highest BCUT2D eigenvalue weighted by atomic mass is 19.1. The molecule has 4 rings (SSSR count). The number of furan rings is 1. The second-order valence-electron chi connectivity index (χ2n) is 7.21. The van der Waals surface area contributed by atoms with E-state index in [0.717, 1.165) is 0 Å². The molecule has 4 aromatic rings. The Balaban J connectivity index is 1.37. The normalized spacial score (nSPS) is 10.6. The molecule has 168 valence electrons. The van der Waals surface area contributed by atoms with E-state index in [1.807, 2.05) is 30.3 Å². The largest absolute Gasteiger partial charge is 0.486 e. The molecule has 8 nitrogen and oxygen atoms in total. The fraction of sp³-hybridized carbons (Fsp3) is 0.125. The van der Waals surface area contributed by atoms with Gasteiger partial charge in [-0.05, 0) is 62.4 Å². The van der Waals surface area contributed by atoms with Crippen LogP contribution in [0.3, 0.4) is 0 Å². The Morgan fingerprint density at radius 2 is 1.67 bits per heavy atom. The molecule has 0 aliphatic carbocycles. The van der Waals surface area contributed by atoms with Crippen molar-refractivity contribution in [2.75, 3.05) is 0 Å². The SMILES string of the molecule is Cc1nn(-c2ccc(F)cc2)c(C)c1C(=O)NNC(=O)c1ccc(COc2ccccc2)o1. The third kappa shape index (κ3) is 4.93. The van der Waals surface area contributed by atoms with Crippen molar-refractivity contribution in [2.45, 2.75) is 20.5 Å². The minimum atomic E-state index is -0.615. The van der Waals surface area contributed by atoms with Crippen molar-refractivity contribution in [1.82, 2.24) is 20.6 Å². The molecule has 33 heavy (non-hydrogen) atoms. The Kier molecular flexibility index (Phi) is 6.21. The number of benzene rings is 2. The van der Waals surface area contributed by atoms with Gasteiger partial charge in [-0.25, -0.2) is 9.07 Å². The molecule has 2 aromatic carbocycles. The number of halogens is 1. The van der Waals surface area contributed by atoms with Crippen molar-refractivity contribution in [3.63, 3.8) is 0 Å². The number of amides is 2. The number of carbonyl (C=O) groups is 2. The molecular weight excluding hydrogens is 427 g/mol. The minimum absolute atomic E-state index is 0.0254. The van der Waals surface area contributed by atoms with Crippen LogP contribution in [0.5, 0.6) is 5.75 Å². The summed E-state index contributed by atoms with van der Waals surface area (Å²) in [7, 11) is 0. The number of hydrazine groups is 1. The van der Waals surface area contributed by atoms with Crippen molar-refractivity contribution in [3.8, 4) is 11.4 Å². The van der Waals surface area contributed by atoms with Crippen LogP contribution in [0.4, 0.5) is 4.39 Å². The molecule has 0 aliphatic rings. The summed E-state index contributed by atoms with van der Waals surface area (Å²) in [5.41, 5.74) is 6.63. The monoisotopic (exact) mass is 448 g/mol. The quantitative estimate of drug-likeness (QED) is 0.436. The Morgan fingerprint density at radius 1 is 0.970 bits per heavy atom. The average molecular weight is 448 g/mol. The lowest BCUT2D eigenvalue weighted by Crippen LogP contribution is -2.41. The first kappa shape index (κ1) is 21.8. The summed E-state index contributed by atoms with van der Waals surface area (Å²) in [6.45, 7) is 3.55. The summed E-state index contributed by atoms with van der Waals surface area (Å²) in [6.07, 6.45) is 0. The van der Waals surface area contributed by atoms with Gasteiger partial charge in [0.25, 0.3) is 5.91 Å². The molecule has 0 saturated carbocycles. The number of carbonyl (C=O) groups excluding carboxylic acids is 2. The predicted molar refractivity (Wildman–Crippen MR) is 117 cm³/mol. The lowest BCUT2D eigenvalue weighted by atomic mass is 10.2. The van der Waals surface area contributed by atoms with Gasteiger partial charge in [-0.3, -0.25) is 20.4 Å². The maximum Gasteiger partial charge on any atom is 0.305 e. The van der Waals surface area contributed by atoms with Crippen LogP contribution in [-0.2, 0) is 6.61 Å². The van der Waals surface area contributed by atoms with Crippen molar-refractivity contribution < 1.29 is 23.1 Å². The second kappa shape index (κ2) is 9.39. The number of aromatic nitrogens is 2. The third-order valence-electron chi connectivity index (χ3n) is 4.89. The van der Waals surface area contributed by atoms with E-state index in [4.69, 9.17) is 9.15 Å². The minimum Gasteiger partial charge on any atom is -0.486 e. The maximum absolute atomic E-state index is 13.2. The van der Waals surface area contributed by atoms with Crippen molar-refractivity contribution in [3.05, 3.63) is 101 Å². The molecule has 2 amide bonds. The lowest BCUT2D eigenvalue weighted by molar-refractivity contribution is 0.0827. The van der Waals surface area contributed by atoms with Gasteiger partial charge in [-0.2, -0.15) is 5.10 Å². The Morgan fingerprint density at radius 3 is 2.39 bits per heavy atom. The van der Waals surface area contributed by atoms with E-state index < -0.39 is 11.8 Å². The first-order chi connectivity index (χ1) is 15.9. The number of nitrogens with one attached hydrogen (secondary N) is 2. The van der Waals surface area contributed by atoms with Gasteiger partial charge >= 0.3 is 5.91 Å². The summed E-state index contributed by atoms with van der Waals surface area (Å²) >= 11 is 0. The highest BCUT2D eigenvalue weighted by molar-refractivity contribution is 5.99. The van der Waals surface area contributed by atoms with Crippen LogP contribution < -0.4 is 15.6 Å². The second-order valence-corrected chi connectivity index (χ2v) is 7.21. The van der Waals surface area contributed by atoms with E-state index in [1.54, 1.807) is 32.0 Å². The molecule has 0 fully saturated rings. The smallest absolute Gasteiger partial charge is 0.305 e. The van der Waals surface area contributed by atoms with Crippen molar-refractivity contribution in [2.24, 2.45) is 0 Å². The number of para-hydroxylation sites is 1. The van der Waals surface area contributed by atoms with Crippen molar-refractivity contribution in [1.29, 1.82) is 0 Å². The van der Waals surface area contributed by atoms with Gasteiger partial charge in [0, 0.05) is 0 Å². The zero-order valence-electron chi connectivity index (χ0n) is 18.0. The molecule has 0 unspecified atom stereocenters. The fourth-order valence-electron chi connectivity index (χ4n) is 3.29. The first-order valence-corrected chi connectivity index (χ1v) is 10.1. The zero-order valence-corrected chi connectivity index (χ0v) is 18.0. The first-order valence-electron chi connectivity index (χ1n) is 10.1. The number of hydrogen-bond acceptors (Lipinski definition) is 5. The zero-order chi connectivity index (χ0) is 23.4. The number of aryl methyl sites for hydroxylation is 1. The lowest BCUT2D eigenvalue weighted by Gasteiger charge is -2.07. The molecule has 9 heteroatoms.